The van der Waals surface area contributed by atoms with Gasteiger partial charge in [-0.3, -0.25) is 4.79 Å². The van der Waals surface area contributed by atoms with E-state index in [4.69, 9.17) is 0 Å². The first-order valence-electron chi connectivity index (χ1n) is 5.05. The number of rotatable bonds is 1. The lowest BCUT2D eigenvalue weighted by molar-refractivity contribution is 0.100. The molecule has 1 amide bonds. The Morgan fingerprint density at radius 1 is 1.41 bits per heavy atom. The van der Waals surface area contributed by atoms with Crippen molar-refractivity contribution < 1.29 is 9.18 Å². The third kappa shape index (κ3) is 3.49. The Morgan fingerprint density at radius 3 is 2.47 bits per heavy atom. The average molecular weight is 348 g/mol. The summed E-state index contributed by atoms with van der Waals surface area (Å²) in [5.74, 6) is -0.211. The molecule has 0 heterocycles. The Labute approximate surface area is 114 Å². The van der Waals surface area contributed by atoms with E-state index in [9.17, 15) is 9.18 Å². The predicted molar refractivity (Wildman–Crippen MR) is 75.0 cm³/mol. The van der Waals surface area contributed by atoms with Crippen molar-refractivity contribution in [2.75, 3.05) is 14.1 Å². The molecule has 1 rings (SSSR count). The minimum Gasteiger partial charge on any atom is -0.366 e. The van der Waals surface area contributed by atoms with Crippen LogP contribution in [-0.4, -0.2) is 30.7 Å². The fourth-order valence-electron chi connectivity index (χ4n) is 1.08. The van der Waals surface area contributed by atoms with Crippen LogP contribution >= 0.6 is 22.6 Å². The van der Waals surface area contributed by atoms with Gasteiger partial charge in [0.05, 0.1) is 0 Å². The zero-order valence-corrected chi connectivity index (χ0v) is 12.4. The molecule has 0 radical (unpaired) electrons. The molecule has 0 unspecified atom stereocenters. The lowest BCUT2D eigenvalue weighted by Gasteiger charge is -2.10. The molecular formula is C12H14FIN2O. The summed E-state index contributed by atoms with van der Waals surface area (Å²) in [6.07, 6.45) is 0. The van der Waals surface area contributed by atoms with Gasteiger partial charge in [0, 0.05) is 23.2 Å². The first kappa shape index (κ1) is 14.1. The van der Waals surface area contributed by atoms with Crippen molar-refractivity contribution in [1.29, 1.82) is 0 Å². The van der Waals surface area contributed by atoms with Crippen molar-refractivity contribution >= 4 is 34.3 Å². The van der Waals surface area contributed by atoms with Crippen LogP contribution in [0.2, 0.25) is 0 Å². The summed E-state index contributed by atoms with van der Waals surface area (Å²) in [5.41, 5.74) is 0.828. The van der Waals surface area contributed by atoms with Crippen molar-refractivity contribution in [3.8, 4) is 0 Å². The first-order chi connectivity index (χ1) is 7.82. The Kier molecular flexibility index (Phi) is 4.62. The molecule has 0 aliphatic carbocycles. The molecule has 5 heteroatoms. The number of amides is 1. The van der Waals surface area contributed by atoms with Gasteiger partial charge in [-0.05, 0) is 54.1 Å². The van der Waals surface area contributed by atoms with Crippen LogP contribution in [0.25, 0.3) is 0 Å². The minimum absolute atomic E-state index is 0.277. The van der Waals surface area contributed by atoms with E-state index in [-0.39, 0.29) is 11.4 Å². The summed E-state index contributed by atoms with van der Waals surface area (Å²) >= 11 is 2.00. The normalized spacial score (nSPS) is 11.5. The largest absolute Gasteiger partial charge is 0.366 e. The van der Waals surface area contributed by atoms with Crippen LogP contribution in [0.5, 0.6) is 0 Å². The summed E-state index contributed by atoms with van der Waals surface area (Å²) in [4.78, 5) is 17.4. The zero-order valence-electron chi connectivity index (χ0n) is 10.2. The van der Waals surface area contributed by atoms with E-state index >= 15 is 0 Å². The second-order valence-corrected chi connectivity index (χ2v) is 5.09. The van der Waals surface area contributed by atoms with Gasteiger partial charge in [0.25, 0.3) is 5.91 Å². The molecule has 1 aromatic carbocycles. The molecule has 0 spiro atoms. The molecule has 0 saturated carbocycles. The van der Waals surface area contributed by atoms with Crippen LogP contribution in [0.1, 0.15) is 22.8 Å². The number of aliphatic imine (C=N–C) groups is 1. The second-order valence-electron chi connectivity index (χ2n) is 3.92. The van der Waals surface area contributed by atoms with Gasteiger partial charge in [0.1, 0.15) is 11.7 Å². The van der Waals surface area contributed by atoms with Crippen molar-refractivity contribution in [1.82, 2.24) is 4.90 Å². The maximum absolute atomic E-state index is 13.5. The van der Waals surface area contributed by atoms with Gasteiger partial charge < -0.3 is 4.90 Å². The lowest BCUT2D eigenvalue weighted by atomic mass is 10.1. The maximum Gasteiger partial charge on any atom is 0.278 e. The van der Waals surface area contributed by atoms with E-state index < -0.39 is 5.91 Å². The van der Waals surface area contributed by atoms with Crippen molar-refractivity contribution in [3.63, 3.8) is 0 Å². The Balaban J connectivity index is 3.10. The topological polar surface area (TPSA) is 32.7 Å². The van der Waals surface area contributed by atoms with E-state index in [1.165, 1.54) is 6.07 Å². The molecule has 0 saturated heterocycles. The minimum atomic E-state index is -0.423. The second kappa shape index (κ2) is 5.57. The summed E-state index contributed by atoms with van der Waals surface area (Å²) < 4.78 is 14.2. The predicted octanol–water partition coefficient (Wildman–Crippen LogP) is 2.86. The molecule has 17 heavy (non-hydrogen) atoms. The number of carbonyl (C=O) groups is 1. The molecular weight excluding hydrogens is 334 g/mol. The number of nitrogens with zero attached hydrogens (tertiary/aromatic N) is 2. The van der Waals surface area contributed by atoms with Gasteiger partial charge in [-0.1, -0.05) is 0 Å². The van der Waals surface area contributed by atoms with Crippen molar-refractivity contribution in [2.45, 2.75) is 13.8 Å². The van der Waals surface area contributed by atoms with Gasteiger partial charge in [0.2, 0.25) is 0 Å². The highest BCUT2D eigenvalue weighted by Gasteiger charge is 2.11. The molecule has 1 aromatic rings. The number of carbonyl (C=O) groups excluding carboxylic acids is 1. The van der Waals surface area contributed by atoms with E-state index in [1.807, 2.05) is 22.6 Å². The molecule has 3 nitrogen and oxygen atoms in total. The third-order valence-electron chi connectivity index (χ3n) is 2.44. The fourth-order valence-corrected chi connectivity index (χ4v) is 1.67. The van der Waals surface area contributed by atoms with E-state index in [0.717, 1.165) is 3.57 Å². The Morgan fingerprint density at radius 2 is 2.00 bits per heavy atom. The Hall–Kier alpha value is -0.980. The third-order valence-corrected chi connectivity index (χ3v) is 3.56. The summed E-state index contributed by atoms with van der Waals surface area (Å²) in [6.45, 7) is 3.41. The Bertz CT molecular complexity index is 460. The quantitative estimate of drug-likeness (QED) is 0.444. The number of benzene rings is 1. The standard InChI is InChI=1S/C12H14FIN2O/c1-7-10(13)5-9(6-11(7)14)12(17)15-8(2)16(3)4/h5-6H,1-4H3/b15-8+. The van der Waals surface area contributed by atoms with Crippen LogP contribution < -0.4 is 0 Å². The van der Waals surface area contributed by atoms with Crippen molar-refractivity contribution in [3.05, 3.63) is 32.6 Å². The van der Waals surface area contributed by atoms with Gasteiger partial charge in [-0.15, -0.1) is 0 Å². The highest BCUT2D eigenvalue weighted by Crippen LogP contribution is 2.18. The molecule has 0 atom stereocenters. The molecule has 0 N–H and O–H groups in total. The highest BCUT2D eigenvalue weighted by atomic mass is 127. The first-order valence-corrected chi connectivity index (χ1v) is 6.13. The van der Waals surface area contributed by atoms with E-state index in [1.54, 1.807) is 38.9 Å². The van der Waals surface area contributed by atoms with Crippen LogP contribution in [0, 0.1) is 16.3 Å². The smallest absolute Gasteiger partial charge is 0.278 e. The lowest BCUT2D eigenvalue weighted by Crippen LogP contribution is -2.20. The van der Waals surface area contributed by atoms with Crippen LogP contribution in [0.4, 0.5) is 4.39 Å². The van der Waals surface area contributed by atoms with E-state index in [0.29, 0.717) is 11.4 Å². The molecule has 0 bridgehead atoms. The van der Waals surface area contributed by atoms with E-state index in [2.05, 4.69) is 4.99 Å². The number of hydrogen-bond donors (Lipinski definition) is 0. The summed E-state index contributed by atoms with van der Waals surface area (Å²) in [7, 11) is 3.59. The molecule has 0 aromatic heterocycles. The number of hydrogen-bond acceptors (Lipinski definition) is 1. The highest BCUT2D eigenvalue weighted by molar-refractivity contribution is 14.1. The SMILES string of the molecule is C/C(=N\C(=O)c1cc(F)c(C)c(I)c1)N(C)C. The fraction of sp³-hybridized carbons (Fsp3) is 0.333. The molecule has 0 aliphatic rings. The van der Waals surface area contributed by atoms with Gasteiger partial charge >= 0.3 is 0 Å². The molecule has 0 fully saturated rings. The van der Waals surface area contributed by atoms with Gasteiger partial charge in [-0.25, -0.2) is 4.39 Å². The van der Waals surface area contributed by atoms with Crippen LogP contribution in [-0.2, 0) is 0 Å². The number of halogens is 2. The number of amidine groups is 1. The summed E-state index contributed by atoms with van der Waals surface area (Å²) in [5, 5.41) is 0. The van der Waals surface area contributed by atoms with Crippen LogP contribution in [0.3, 0.4) is 0 Å². The van der Waals surface area contributed by atoms with Gasteiger partial charge in [-0.2, -0.15) is 4.99 Å². The zero-order chi connectivity index (χ0) is 13.2. The average Bonchev–Trinajstić information content (AvgIpc) is 2.24. The van der Waals surface area contributed by atoms with Crippen LogP contribution in [0.15, 0.2) is 17.1 Å². The molecule has 0 aliphatic heterocycles. The maximum atomic E-state index is 13.5. The van der Waals surface area contributed by atoms with Gasteiger partial charge in [0.15, 0.2) is 0 Å². The molecule has 92 valence electrons. The van der Waals surface area contributed by atoms with Crippen molar-refractivity contribution in [2.24, 2.45) is 4.99 Å². The monoisotopic (exact) mass is 348 g/mol. The summed E-state index contributed by atoms with van der Waals surface area (Å²) in [6, 6.07) is 2.88.